The number of rotatable bonds is 1. The van der Waals surface area contributed by atoms with Gasteiger partial charge in [0, 0.05) is 5.92 Å². The summed E-state index contributed by atoms with van der Waals surface area (Å²) in [5.74, 6) is 0.199. The lowest BCUT2D eigenvalue weighted by Crippen LogP contribution is -1.67. The van der Waals surface area contributed by atoms with Crippen molar-refractivity contribution >= 4 is 0 Å². The van der Waals surface area contributed by atoms with Crippen molar-refractivity contribution < 1.29 is 4.39 Å². The van der Waals surface area contributed by atoms with Crippen LogP contribution in [0.1, 0.15) is 6.42 Å². The molecule has 1 fully saturated rings. The van der Waals surface area contributed by atoms with Gasteiger partial charge in [0.25, 0.3) is 0 Å². The Balaban J connectivity index is 2.25. The second-order valence-electron chi connectivity index (χ2n) is 1.65. The van der Waals surface area contributed by atoms with Crippen molar-refractivity contribution in [2.45, 2.75) is 12.6 Å². The maximum Gasteiger partial charge on any atom is 0.107 e. The molecular formula is C5H7F. The molecule has 0 unspecified atom stereocenters. The molecule has 0 saturated heterocycles. The number of halogens is 1. The summed E-state index contributed by atoms with van der Waals surface area (Å²) in [6.45, 7) is 3.43. The van der Waals surface area contributed by atoms with Gasteiger partial charge in [0.1, 0.15) is 6.17 Å². The summed E-state index contributed by atoms with van der Waals surface area (Å²) in [5.41, 5.74) is 0. The van der Waals surface area contributed by atoms with E-state index in [1.807, 2.05) is 0 Å². The molecule has 0 spiro atoms. The first-order valence-electron chi connectivity index (χ1n) is 2.11. The number of alkyl halides is 1. The molecule has 0 amide bonds. The van der Waals surface area contributed by atoms with Crippen LogP contribution in [0.25, 0.3) is 0 Å². The minimum atomic E-state index is -0.553. The van der Waals surface area contributed by atoms with E-state index < -0.39 is 6.17 Å². The molecule has 6 heavy (non-hydrogen) atoms. The monoisotopic (exact) mass is 86.1 g/mol. The normalized spacial score (nSPS) is 42.2. The molecular weight excluding hydrogens is 79.1 g/mol. The SMILES string of the molecule is C=C[C@@H]1C[C@@H]1F. The third-order valence-electron chi connectivity index (χ3n) is 1.06. The summed E-state index contributed by atoms with van der Waals surface area (Å²) in [5, 5.41) is 0. The molecule has 0 aromatic heterocycles. The average Bonchev–Trinajstić information content (AvgIpc) is 2.19. The predicted octanol–water partition coefficient (Wildman–Crippen LogP) is 1.53. The molecule has 0 aromatic rings. The summed E-state index contributed by atoms with van der Waals surface area (Å²) in [6, 6.07) is 0. The third kappa shape index (κ3) is 0.445. The van der Waals surface area contributed by atoms with Gasteiger partial charge in [0.2, 0.25) is 0 Å². The molecule has 0 nitrogen and oxygen atoms in total. The number of hydrogen-bond donors (Lipinski definition) is 0. The highest BCUT2D eigenvalue weighted by molar-refractivity contribution is 4.98. The fourth-order valence-electron chi connectivity index (χ4n) is 0.425. The summed E-state index contributed by atoms with van der Waals surface area (Å²) in [7, 11) is 0. The van der Waals surface area contributed by atoms with E-state index in [0.29, 0.717) is 6.42 Å². The van der Waals surface area contributed by atoms with Crippen LogP contribution in [-0.4, -0.2) is 6.17 Å². The third-order valence-corrected chi connectivity index (χ3v) is 1.06. The van der Waals surface area contributed by atoms with Crippen LogP contribution in [0.5, 0.6) is 0 Å². The first kappa shape index (κ1) is 3.85. The number of hydrogen-bond acceptors (Lipinski definition) is 0. The smallest absolute Gasteiger partial charge is 0.107 e. The van der Waals surface area contributed by atoms with Gasteiger partial charge in [-0.1, -0.05) is 6.08 Å². The Kier molecular flexibility index (Phi) is 0.685. The summed E-state index contributed by atoms with van der Waals surface area (Å²) >= 11 is 0. The maximum absolute atomic E-state index is 11.7. The van der Waals surface area contributed by atoms with Crippen LogP contribution in [0.3, 0.4) is 0 Å². The van der Waals surface area contributed by atoms with Crippen LogP contribution < -0.4 is 0 Å². The Hall–Kier alpha value is -0.330. The highest BCUT2D eigenvalue weighted by Crippen LogP contribution is 2.33. The molecule has 0 radical (unpaired) electrons. The largest absolute Gasteiger partial charge is 0.247 e. The van der Waals surface area contributed by atoms with Crippen molar-refractivity contribution in [2.24, 2.45) is 5.92 Å². The quantitative estimate of drug-likeness (QED) is 0.424. The zero-order valence-electron chi connectivity index (χ0n) is 3.52. The van der Waals surface area contributed by atoms with E-state index >= 15 is 0 Å². The van der Waals surface area contributed by atoms with Gasteiger partial charge in [0.05, 0.1) is 0 Å². The Morgan fingerprint density at radius 3 is 2.33 bits per heavy atom. The van der Waals surface area contributed by atoms with Crippen molar-refractivity contribution in [1.82, 2.24) is 0 Å². The van der Waals surface area contributed by atoms with Crippen molar-refractivity contribution in [3.63, 3.8) is 0 Å². The molecule has 1 heteroatoms. The van der Waals surface area contributed by atoms with E-state index in [9.17, 15) is 4.39 Å². The zero-order valence-corrected chi connectivity index (χ0v) is 3.52. The molecule has 0 N–H and O–H groups in total. The van der Waals surface area contributed by atoms with Crippen molar-refractivity contribution in [3.05, 3.63) is 12.7 Å². The van der Waals surface area contributed by atoms with Crippen molar-refractivity contribution in [1.29, 1.82) is 0 Å². The average molecular weight is 86.1 g/mol. The van der Waals surface area contributed by atoms with Crippen LogP contribution in [0.15, 0.2) is 12.7 Å². The highest BCUT2D eigenvalue weighted by atomic mass is 19.1. The summed E-state index contributed by atoms with van der Waals surface area (Å²) < 4.78 is 11.7. The topological polar surface area (TPSA) is 0 Å². The van der Waals surface area contributed by atoms with E-state index in [4.69, 9.17) is 0 Å². The molecule has 1 aliphatic rings. The van der Waals surface area contributed by atoms with Gasteiger partial charge in [-0.2, -0.15) is 0 Å². The summed E-state index contributed by atoms with van der Waals surface area (Å²) in [4.78, 5) is 0. The molecule has 0 aromatic carbocycles. The van der Waals surface area contributed by atoms with Gasteiger partial charge >= 0.3 is 0 Å². The van der Waals surface area contributed by atoms with Gasteiger partial charge in [-0.3, -0.25) is 0 Å². The molecule has 34 valence electrons. The fraction of sp³-hybridized carbons (Fsp3) is 0.600. The van der Waals surface area contributed by atoms with E-state index in [-0.39, 0.29) is 5.92 Å². The van der Waals surface area contributed by atoms with E-state index in [0.717, 1.165) is 0 Å². The number of allylic oxidation sites excluding steroid dienone is 1. The van der Waals surface area contributed by atoms with Crippen LogP contribution in [0.4, 0.5) is 4.39 Å². The van der Waals surface area contributed by atoms with Crippen LogP contribution >= 0.6 is 0 Å². The Labute approximate surface area is 36.7 Å². The molecule has 1 saturated carbocycles. The Morgan fingerprint density at radius 2 is 2.33 bits per heavy atom. The second-order valence-corrected chi connectivity index (χ2v) is 1.65. The highest BCUT2D eigenvalue weighted by Gasteiger charge is 2.33. The lowest BCUT2D eigenvalue weighted by atomic mass is 10.4. The van der Waals surface area contributed by atoms with Crippen LogP contribution in [0.2, 0.25) is 0 Å². The Morgan fingerprint density at radius 1 is 1.83 bits per heavy atom. The molecule has 0 bridgehead atoms. The van der Waals surface area contributed by atoms with Gasteiger partial charge < -0.3 is 0 Å². The van der Waals surface area contributed by atoms with Gasteiger partial charge in [-0.25, -0.2) is 4.39 Å². The minimum absolute atomic E-state index is 0.199. The van der Waals surface area contributed by atoms with Crippen LogP contribution in [-0.2, 0) is 0 Å². The zero-order chi connectivity index (χ0) is 4.57. The van der Waals surface area contributed by atoms with Gasteiger partial charge in [-0.05, 0) is 6.42 Å². The molecule has 0 aliphatic heterocycles. The Bertz CT molecular complexity index is 68.3. The lowest BCUT2D eigenvalue weighted by Gasteiger charge is -1.69. The molecule has 2 atom stereocenters. The van der Waals surface area contributed by atoms with Crippen molar-refractivity contribution in [2.75, 3.05) is 0 Å². The first-order chi connectivity index (χ1) is 2.84. The standard InChI is InChI=1S/C5H7F/c1-2-4-3-5(4)6/h2,4-5H,1,3H2/t4-,5+/m1/s1. The summed E-state index contributed by atoms with van der Waals surface area (Å²) in [6.07, 6.45) is 1.83. The molecule has 1 aliphatic carbocycles. The van der Waals surface area contributed by atoms with Gasteiger partial charge in [0.15, 0.2) is 0 Å². The van der Waals surface area contributed by atoms with Crippen molar-refractivity contribution in [3.8, 4) is 0 Å². The minimum Gasteiger partial charge on any atom is -0.247 e. The van der Waals surface area contributed by atoms with Crippen LogP contribution in [0, 0.1) is 5.92 Å². The van der Waals surface area contributed by atoms with E-state index in [1.54, 1.807) is 6.08 Å². The van der Waals surface area contributed by atoms with Gasteiger partial charge in [-0.15, -0.1) is 6.58 Å². The molecule has 0 heterocycles. The first-order valence-corrected chi connectivity index (χ1v) is 2.11. The fourth-order valence-corrected chi connectivity index (χ4v) is 0.425. The van der Waals surface area contributed by atoms with E-state index in [1.165, 1.54) is 0 Å². The molecule has 1 rings (SSSR count). The second kappa shape index (κ2) is 1.07. The predicted molar refractivity (Wildman–Crippen MR) is 23.2 cm³/mol. The lowest BCUT2D eigenvalue weighted by molar-refractivity contribution is 0.463. The maximum atomic E-state index is 11.7. The van der Waals surface area contributed by atoms with E-state index in [2.05, 4.69) is 6.58 Å².